The first-order valence-electron chi connectivity index (χ1n) is 6.08. The highest BCUT2D eigenvalue weighted by Gasteiger charge is 2.36. The lowest BCUT2D eigenvalue weighted by Gasteiger charge is -2.38. The van der Waals surface area contributed by atoms with Gasteiger partial charge in [0.05, 0.1) is 30.3 Å². The lowest BCUT2D eigenvalue weighted by atomic mass is 9.86. The van der Waals surface area contributed by atoms with Gasteiger partial charge in [-0.05, 0) is 27.7 Å². The van der Waals surface area contributed by atoms with Crippen LogP contribution in [0.5, 0.6) is 0 Å². The zero-order valence-corrected chi connectivity index (χ0v) is 11.2. The van der Waals surface area contributed by atoms with Gasteiger partial charge >= 0.3 is 0 Å². The minimum atomic E-state index is -0.964. The van der Waals surface area contributed by atoms with Gasteiger partial charge in [-0.25, -0.2) is 0 Å². The summed E-state index contributed by atoms with van der Waals surface area (Å²) < 4.78 is 5.46. The Kier molecular flexibility index (Phi) is 4.52. The fourth-order valence-corrected chi connectivity index (χ4v) is 1.51. The second kappa shape index (κ2) is 5.33. The second-order valence-electron chi connectivity index (χ2n) is 5.63. The molecule has 0 radical (unpaired) electrons. The van der Waals surface area contributed by atoms with Crippen LogP contribution in [-0.2, 0) is 9.53 Å². The summed E-state index contributed by atoms with van der Waals surface area (Å²) in [5, 5.41) is 16.0. The molecule has 0 aromatic rings. The molecule has 100 valence electrons. The van der Waals surface area contributed by atoms with E-state index in [-0.39, 0.29) is 12.0 Å². The Labute approximate surface area is 103 Å². The first-order chi connectivity index (χ1) is 7.72. The highest BCUT2D eigenvalue weighted by Crippen LogP contribution is 2.20. The van der Waals surface area contributed by atoms with Gasteiger partial charge in [-0.1, -0.05) is 0 Å². The molecule has 1 unspecified atom stereocenters. The number of hydrogen-bond donors (Lipinski definition) is 3. The molecule has 0 aromatic carbocycles. The molecule has 0 aliphatic carbocycles. The number of hydrogen-bond acceptors (Lipinski definition) is 4. The molecule has 1 heterocycles. The first-order valence-corrected chi connectivity index (χ1v) is 6.08. The third kappa shape index (κ3) is 4.26. The number of rotatable bonds is 4. The molecule has 5 nitrogen and oxygen atoms in total. The normalized spacial score (nSPS) is 22.3. The minimum Gasteiger partial charge on any atom is -0.388 e. The molecule has 0 spiro atoms. The van der Waals surface area contributed by atoms with Gasteiger partial charge in [0, 0.05) is 13.1 Å². The lowest BCUT2D eigenvalue weighted by molar-refractivity contribution is -0.129. The molecular weight excluding hydrogens is 220 g/mol. The summed E-state index contributed by atoms with van der Waals surface area (Å²) in [5.74, 6) is -0.0918. The molecule has 0 bridgehead atoms. The van der Waals surface area contributed by atoms with Crippen molar-refractivity contribution in [2.24, 2.45) is 0 Å². The van der Waals surface area contributed by atoms with Gasteiger partial charge in [0.25, 0.3) is 0 Å². The van der Waals surface area contributed by atoms with E-state index in [9.17, 15) is 9.90 Å². The molecule has 1 aliphatic heterocycles. The Morgan fingerprint density at radius 2 is 2.12 bits per heavy atom. The second-order valence-corrected chi connectivity index (χ2v) is 5.63. The molecule has 1 saturated heterocycles. The molecule has 0 saturated carbocycles. The average molecular weight is 244 g/mol. The Morgan fingerprint density at radius 1 is 1.47 bits per heavy atom. The van der Waals surface area contributed by atoms with Crippen LogP contribution in [0.2, 0.25) is 0 Å². The van der Waals surface area contributed by atoms with Gasteiger partial charge in [-0.2, -0.15) is 0 Å². The highest BCUT2D eigenvalue weighted by molar-refractivity contribution is 5.77. The SMILES string of the molecule is CC(C)(O)C(C)(C)NC(=O)CC1CNCCO1. The van der Waals surface area contributed by atoms with Crippen LogP contribution < -0.4 is 10.6 Å². The van der Waals surface area contributed by atoms with Crippen LogP contribution in [-0.4, -0.2) is 48.0 Å². The molecule has 1 amide bonds. The summed E-state index contributed by atoms with van der Waals surface area (Å²) >= 11 is 0. The van der Waals surface area contributed by atoms with Gasteiger partial charge in [0.15, 0.2) is 0 Å². The monoisotopic (exact) mass is 244 g/mol. The summed E-state index contributed by atoms with van der Waals surface area (Å²) in [4.78, 5) is 11.8. The maximum Gasteiger partial charge on any atom is 0.223 e. The molecule has 5 heteroatoms. The van der Waals surface area contributed by atoms with Crippen molar-refractivity contribution >= 4 is 5.91 Å². The molecular formula is C12H24N2O3. The van der Waals surface area contributed by atoms with Crippen LogP contribution in [0.4, 0.5) is 0 Å². The van der Waals surface area contributed by atoms with Gasteiger partial charge < -0.3 is 20.5 Å². The Bertz CT molecular complexity index is 265. The van der Waals surface area contributed by atoms with Crippen LogP contribution in [0.3, 0.4) is 0 Å². The number of ether oxygens (including phenoxy) is 1. The zero-order valence-electron chi connectivity index (χ0n) is 11.2. The summed E-state index contributed by atoms with van der Waals surface area (Å²) in [5.41, 5.74) is -1.62. The molecule has 0 aromatic heterocycles. The predicted octanol–water partition coefficient (Wildman–Crippen LogP) is 0.0306. The van der Waals surface area contributed by atoms with Crippen molar-refractivity contribution < 1.29 is 14.6 Å². The van der Waals surface area contributed by atoms with E-state index in [0.29, 0.717) is 19.6 Å². The third-order valence-electron chi connectivity index (χ3n) is 3.40. The molecule has 17 heavy (non-hydrogen) atoms. The first kappa shape index (κ1) is 14.4. The van der Waals surface area contributed by atoms with Crippen molar-refractivity contribution in [1.82, 2.24) is 10.6 Å². The van der Waals surface area contributed by atoms with Crippen LogP contribution in [0, 0.1) is 0 Å². The topological polar surface area (TPSA) is 70.6 Å². The number of carbonyl (C=O) groups excluding carboxylic acids is 1. The van der Waals surface area contributed by atoms with Crippen LogP contribution in [0.1, 0.15) is 34.1 Å². The maximum absolute atomic E-state index is 11.8. The highest BCUT2D eigenvalue weighted by atomic mass is 16.5. The van der Waals surface area contributed by atoms with E-state index in [4.69, 9.17) is 4.74 Å². The summed E-state index contributed by atoms with van der Waals surface area (Å²) in [7, 11) is 0. The number of carbonyl (C=O) groups is 1. The fourth-order valence-electron chi connectivity index (χ4n) is 1.51. The minimum absolute atomic E-state index is 0.0682. The van der Waals surface area contributed by atoms with Crippen LogP contribution in [0.15, 0.2) is 0 Å². The van der Waals surface area contributed by atoms with E-state index in [0.717, 1.165) is 6.54 Å². The largest absolute Gasteiger partial charge is 0.388 e. The van der Waals surface area contributed by atoms with Gasteiger partial charge in [-0.3, -0.25) is 4.79 Å². The van der Waals surface area contributed by atoms with Crippen LogP contribution in [0.25, 0.3) is 0 Å². The van der Waals surface area contributed by atoms with Gasteiger partial charge in [0.1, 0.15) is 0 Å². The number of aliphatic hydroxyl groups is 1. The third-order valence-corrected chi connectivity index (χ3v) is 3.40. The zero-order chi connectivity index (χ0) is 13.1. The number of nitrogens with one attached hydrogen (secondary N) is 2. The predicted molar refractivity (Wildman–Crippen MR) is 65.7 cm³/mol. The van der Waals surface area contributed by atoms with E-state index in [1.54, 1.807) is 13.8 Å². The smallest absolute Gasteiger partial charge is 0.223 e. The molecule has 1 rings (SSSR count). The summed E-state index contributed by atoms with van der Waals surface area (Å²) in [6.07, 6.45) is 0.258. The Morgan fingerprint density at radius 3 is 2.59 bits per heavy atom. The standard InChI is InChI=1S/C12H24N2O3/c1-11(2,12(3,4)16)14-10(15)7-9-8-13-5-6-17-9/h9,13,16H,5-8H2,1-4H3,(H,14,15). The van der Waals surface area contributed by atoms with Crippen molar-refractivity contribution in [3.05, 3.63) is 0 Å². The van der Waals surface area contributed by atoms with Gasteiger partial charge in [0.2, 0.25) is 5.91 Å². The molecule has 1 fully saturated rings. The summed E-state index contributed by atoms with van der Waals surface area (Å²) in [6, 6.07) is 0. The van der Waals surface area contributed by atoms with Crippen molar-refractivity contribution in [3.63, 3.8) is 0 Å². The molecule has 3 N–H and O–H groups in total. The Balaban J connectivity index is 2.43. The van der Waals surface area contributed by atoms with Crippen molar-refractivity contribution in [1.29, 1.82) is 0 Å². The summed E-state index contributed by atoms with van der Waals surface area (Å²) in [6.45, 7) is 9.18. The van der Waals surface area contributed by atoms with Crippen molar-refractivity contribution in [2.75, 3.05) is 19.7 Å². The number of morpholine rings is 1. The maximum atomic E-state index is 11.8. The van der Waals surface area contributed by atoms with Gasteiger partial charge in [-0.15, -0.1) is 0 Å². The number of amides is 1. The average Bonchev–Trinajstić information content (AvgIpc) is 2.16. The van der Waals surface area contributed by atoms with E-state index in [1.807, 2.05) is 13.8 Å². The van der Waals surface area contributed by atoms with E-state index in [2.05, 4.69) is 10.6 Å². The molecule has 1 atom stereocenters. The molecule has 1 aliphatic rings. The van der Waals surface area contributed by atoms with E-state index < -0.39 is 11.1 Å². The fraction of sp³-hybridized carbons (Fsp3) is 0.917. The van der Waals surface area contributed by atoms with Crippen molar-refractivity contribution in [3.8, 4) is 0 Å². The van der Waals surface area contributed by atoms with E-state index >= 15 is 0 Å². The van der Waals surface area contributed by atoms with Crippen LogP contribution >= 0.6 is 0 Å². The quantitative estimate of drug-likeness (QED) is 0.652. The van der Waals surface area contributed by atoms with E-state index in [1.165, 1.54) is 0 Å². The van der Waals surface area contributed by atoms with Crippen molar-refractivity contribution in [2.45, 2.75) is 51.4 Å². The lowest BCUT2D eigenvalue weighted by Crippen LogP contribution is -2.58. The Hall–Kier alpha value is -0.650.